The van der Waals surface area contributed by atoms with Gasteiger partial charge in [-0.3, -0.25) is 0 Å². The maximum absolute atomic E-state index is 5.50. The van der Waals surface area contributed by atoms with Crippen LogP contribution < -0.4 is 16.4 Å². The van der Waals surface area contributed by atoms with Crippen LogP contribution in [0.1, 0.15) is 13.8 Å². The summed E-state index contributed by atoms with van der Waals surface area (Å²) in [4.78, 5) is 2.36. The Balaban J connectivity index is 3.15. The van der Waals surface area contributed by atoms with E-state index in [4.69, 9.17) is 5.73 Å². The van der Waals surface area contributed by atoms with Crippen LogP contribution in [-0.2, 0) is 0 Å². The van der Waals surface area contributed by atoms with Crippen LogP contribution in [0.4, 0.5) is 0 Å². The van der Waals surface area contributed by atoms with Gasteiger partial charge in [-0.25, -0.2) is 0 Å². The zero-order valence-electron chi connectivity index (χ0n) is 9.68. The Kier molecular flexibility index (Phi) is 10.8. The maximum atomic E-state index is 5.50. The van der Waals surface area contributed by atoms with Crippen LogP contribution in [0.2, 0.25) is 0 Å². The third kappa shape index (κ3) is 8.44. The lowest BCUT2D eigenvalue weighted by molar-refractivity contribution is 0.295. The minimum absolute atomic E-state index is 0.755. The predicted octanol–water partition coefficient (Wildman–Crippen LogP) is -0.534. The van der Waals surface area contributed by atoms with Crippen molar-refractivity contribution in [1.29, 1.82) is 0 Å². The van der Waals surface area contributed by atoms with Gasteiger partial charge in [-0.2, -0.15) is 0 Å². The summed E-state index contributed by atoms with van der Waals surface area (Å²) in [7, 11) is 0. The average molecular weight is 202 g/mol. The van der Waals surface area contributed by atoms with Gasteiger partial charge < -0.3 is 21.3 Å². The Bertz CT molecular complexity index is 108. The van der Waals surface area contributed by atoms with E-state index in [9.17, 15) is 0 Å². The Labute approximate surface area is 88.2 Å². The summed E-state index contributed by atoms with van der Waals surface area (Å²) in [6.45, 7) is 12.5. The third-order valence-electron chi connectivity index (χ3n) is 2.23. The largest absolute Gasteiger partial charge is 0.329 e. The minimum atomic E-state index is 0.755. The molecule has 0 aliphatic rings. The second kappa shape index (κ2) is 10.9. The third-order valence-corrected chi connectivity index (χ3v) is 2.23. The highest BCUT2D eigenvalue weighted by atomic mass is 15.1. The summed E-state index contributed by atoms with van der Waals surface area (Å²) >= 11 is 0. The molecule has 0 spiro atoms. The molecule has 0 unspecified atom stereocenters. The van der Waals surface area contributed by atoms with Crippen LogP contribution in [0.15, 0.2) is 0 Å². The average Bonchev–Trinajstić information content (AvgIpc) is 2.21. The van der Waals surface area contributed by atoms with Crippen LogP contribution in [-0.4, -0.2) is 57.3 Å². The topological polar surface area (TPSA) is 53.3 Å². The zero-order valence-corrected chi connectivity index (χ0v) is 9.68. The van der Waals surface area contributed by atoms with E-state index in [1.807, 2.05) is 0 Å². The van der Waals surface area contributed by atoms with E-state index in [2.05, 4.69) is 29.4 Å². The van der Waals surface area contributed by atoms with E-state index in [1.165, 1.54) is 0 Å². The molecule has 0 rings (SSSR count). The summed E-state index contributed by atoms with van der Waals surface area (Å²) in [5.74, 6) is 0. The van der Waals surface area contributed by atoms with Crippen molar-refractivity contribution in [2.24, 2.45) is 5.73 Å². The molecule has 0 heterocycles. The van der Waals surface area contributed by atoms with Gasteiger partial charge in [0.2, 0.25) is 0 Å². The van der Waals surface area contributed by atoms with Gasteiger partial charge in [0.05, 0.1) is 0 Å². The summed E-state index contributed by atoms with van der Waals surface area (Å²) in [5.41, 5.74) is 5.50. The summed E-state index contributed by atoms with van der Waals surface area (Å²) in [6, 6.07) is 0. The lowest BCUT2D eigenvalue weighted by Crippen LogP contribution is -2.37. The van der Waals surface area contributed by atoms with Crippen LogP contribution in [0.25, 0.3) is 0 Å². The van der Waals surface area contributed by atoms with Crippen molar-refractivity contribution in [3.8, 4) is 0 Å². The minimum Gasteiger partial charge on any atom is -0.329 e. The van der Waals surface area contributed by atoms with Crippen molar-refractivity contribution >= 4 is 0 Å². The number of rotatable bonds is 10. The van der Waals surface area contributed by atoms with Crippen molar-refractivity contribution in [2.45, 2.75) is 13.8 Å². The number of hydrogen-bond donors (Lipinski definition) is 3. The molecule has 4 heteroatoms. The van der Waals surface area contributed by atoms with Crippen molar-refractivity contribution in [2.75, 3.05) is 52.4 Å². The van der Waals surface area contributed by atoms with Gasteiger partial charge in [0, 0.05) is 39.3 Å². The number of nitrogens with two attached hydrogens (primary N) is 1. The fourth-order valence-corrected chi connectivity index (χ4v) is 1.33. The predicted molar refractivity (Wildman–Crippen MR) is 62.6 cm³/mol. The monoisotopic (exact) mass is 202 g/mol. The molecular formula is C10H26N4. The van der Waals surface area contributed by atoms with Gasteiger partial charge in [0.15, 0.2) is 0 Å². The fraction of sp³-hybridized carbons (Fsp3) is 1.00. The van der Waals surface area contributed by atoms with Crippen molar-refractivity contribution in [3.05, 3.63) is 0 Å². The Hall–Kier alpha value is -0.160. The molecule has 0 saturated heterocycles. The van der Waals surface area contributed by atoms with Crippen LogP contribution in [0.5, 0.6) is 0 Å². The van der Waals surface area contributed by atoms with Crippen LogP contribution >= 0.6 is 0 Å². The first-order chi connectivity index (χ1) is 6.85. The second-order valence-corrected chi connectivity index (χ2v) is 3.33. The second-order valence-electron chi connectivity index (χ2n) is 3.33. The summed E-state index contributed by atoms with van der Waals surface area (Å²) in [6.07, 6.45) is 0. The lowest BCUT2D eigenvalue weighted by Gasteiger charge is -2.19. The smallest absolute Gasteiger partial charge is 0.0107 e. The standard InChI is InChI=1S/C10H26N4/c1-3-12-6-7-13-8-10-14(4-2)9-5-11/h12-13H,3-11H2,1-2H3. The molecule has 0 aromatic heterocycles. The number of nitrogens with zero attached hydrogens (tertiary/aromatic N) is 1. The van der Waals surface area contributed by atoms with Gasteiger partial charge in [0.25, 0.3) is 0 Å². The SMILES string of the molecule is CCNCCNCCN(CC)CCN. The molecule has 0 bridgehead atoms. The van der Waals surface area contributed by atoms with E-state index >= 15 is 0 Å². The molecule has 0 aromatic carbocycles. The molecule has 14 heavy (non-hydrogen) atoms. The molecule has 4 nitrogen and oxygen atoms in total. The quantitative estimate of drug-likeness (QED) is 0.417. The van der Waals surface area contributed by atoms with Crippen LogP contribution in [0.3, 0.4) is 0 Å². The number of likely N-dealkylation sites (N-methyl/N-ethyl adjacent to an activating group) is 2. The van der Waals surface area contributed by atoms with Crippen molar-refractivity contribution in [1.82, 2.24) is 15.5 Å². The first kappa shape index (κ1) is 13.8. The molecule has 0 saturated carbocycles. The lowest BCUT2D eigenvalue weighted by atomic mass is 10.4. The Morgan fingerprint density at radius 2 is 1.71 bits per heavy atom. The molecule has 0 aromatic rings. The summed E-state index contributed by atoms with van der Waals surface area (Å²) in [5, 5.41) is 6.68. The molecule has 0 aliphatic carbocycles. The number of nitrogens with one attached hydrogen (secondary N) is 2. The van der Waals surface area contributed by atoms with E-state index in [-0.39, 0.29) is 0 Å². The number of hydrogen-bond acceptors (Lipinski definition) is 4. The fourth-order valence-electron chi connectivity index (χ4n) is 1.33. The maximum Gasteiger partial charge on any atom is 0.0107 e. The van der Waals surface area contributed by atoms with Gasteiger partial charge in [-0.05, 0) is 13.1 Å². The molecular weight excluding hydrogens is 176 g/mol. The zero-order chi connectivity index (χ0) is 10.6. The van der Waals surface area contributed by atoms with Gasteiger partial charge in [-0.15, -0.1) is 0 Å². The highest BCUT2D eigenvalue weighted by Crippen LogP contribution is 1.83. The molecule has 0 amide bonds. The normalized spacial score (nSPS) is 11.1. The highest BCUT2D eigenvalue weighted by molar-refractivity contribution is 4.58. The van der Waals surface area contributed by atoms with Gasteiger partial charge in [0.1, 0.15) is 0 Å². The van der Waals surface area contributed by atoms with E-state index < -0.39 is 0 Å². The molecule has 0 radical (unpaired) electrons. The first-order valence-corrected chi connectivity index (χ1v) is 5.69. The Morgan fingerprint density at radius 3 is 2.29 bits per heavy atom. The van der Waals surface area contributed by atoms with E-state index in [0.29, 0.717) is 0 Å². The van der Waals surface area contributed by atoms with E-state index in [0.717, 1.165) is 52.4 Å². The van der Waals surface area contributed by atoms with Crippen molar-refractivity contribution in [3.63, 3.8) is 0 Å². The van der Waals surface area contributed by atoms with Gasteiger partial charge in [-0.1, -0.05) is 13.8 Å². The Morgan fingerprint density at radius 1 is 1.00 bits per heavy atom. The van der Waals surface area contributed by atoms with E-state index in [1.54, 1.807) is 0 Å². The van der Waals surface area contributed by atoms with Crippen LogP contribution in [0, 0.1) is 0 Å². The molecule has 4 N–H and O–H groups in total. The highest BCUT2D eigenvalue weighted by Gasteiger charge is 1.98. The molecule has 0 atom stereocenters. The van der Waals surface area contributed by atoms with Crippen molar-refractivity contribution < 1.29 is 0 Å². The van der Waals surface area contributed by atoms with Gasteiger partial charge >= 0.3 is 0 Å². The summed E-state index contributed by atoms with van der Waals surface area (Å²) < 4.78 is 0. The molecule has 0 fully saturated rings. The first-order valence-electron chi connectivity index (χ1n) is 5.69. The molecule has 0 aliphatic heterocycles. The molecule has 86 valence electrons.